The maximum atomic E-state index is 13.5. The molecular formula is C32H32O13S. The van der Waals surface area contributed by atoms with Crippen LogP contribution >= 0.6 is 11.3 Å². The molecule has 0 bridgehead atoms. The van der Waals surface area contributed by atoms with Crippen molar-refractivity contribution in [1.82, 2.24) is 0 Å². The van der Waals surface area contributed by atoms with Crippen molar-refractivity contribution < 1.29 is 62.7 Å². The first-order valence-electron chi connectivity index (χ1n) is 14.9. The smallest absolute Gasteiger partial charge is 0.310 e. The van der Waals surface area contributed by atoms with Gasteiger partial charge in [0.15, 0.2) is 35.6 Å². The monoisotopic (exact) mass is 656 g/mol. The van der Waals surface area contributed by atoms with Gasteiger partial charge in [-0.25, -0.2) is 0 Å². The quantitative estimate of drug-likeness (QED) is 0.333. The van der Waals surface area contributed by atoms with Crippen LogP contribution in [0.15, 0.2) is 41.8 Å². The van der Waals surface area contributed by atoms with Gasteiger partial charge in [-0.2, -0.15) is 0 Å². The van der Waals surface area contributed by atoms with E-state index in [0.29, 0.717) is 28.2 Å². The van der Waals surface area contributed by atoms with Crippen molar-refractivity contribution in [2.75, 3.05) is 34.2 Å². The van der Waals surface area contributed by atoms with Gasteiger partial charge in [-0.3, -0.25) is 4.79 Å². The molecule has 244 valence electrons. The second kappa shape index (κ2) is 11.6. The second-order valence-electron chi connectivity index (χ2n) is 11.8. The third kappa shape index (κ3) is 4.70. The summed E-state index contributed by atoms with van der Waals surface area (Å²) in [6.45, 7) is 0.171. The molecule has 46 heavy (non-hydrogen) atoms. The number of phenols is 1. The topological polar surface area (TPSA) is 161 Å². The van der Waals surface area contributed by atoms with Gasteiger partial charge in [0.1, 0.15) is 24.4 Å². The van der Waals surface area contributed by atoms with E-state index in [1.165, 1.54) is 25.6 Å². The lowest BCUT2D eigenvalue weighted by atomic mass is 9.66. The van der Waals surface area contributed by atoms with Crippen molar-refractivity contribution in [2.24, 2.45) is 11.8 Å². The van der Waals surface area contributed by atoms with Crippen LogP contribution in [0.3, 0.4) is 0 Å². The molecule has 3 N–H and O–H groups in total. The molecule has 0 amide bonds. The van der Waals surface area contributed by atoms with Crippen LogP contribution in [0.4, 0.5) is 0 Å². The summed E-state index contributed by atoms with van der Waals surface area (Å²) in [5.74, 6) is -1.08. The highest BCUT2D eigenvalue weighted by Crippen LogP contribution is 2.57. The molecule has 2 aromatic carbocycles. The molecule has 1 aliphatic carbocycles. The summed E-state index contributed by atoms with van der Waals surface area (Å²) in [7, 11) is 2.86. The van der Waals surface area contributed by atoms with Crippen molar-refractivity contribution in [1.29, 1.82) is 0 Å². The van der Waals surface area contributed by atoms with Crippen LogP contribution in [0.25, 0.3) is 0 Å². The zero-order valence-electron chi connectivity index (χ0n) is 24.8. The molecule has 1 aromatic heterocycles. The third-order valence-corrected chi connectivity index (χ3v) is 10.3. The zero-order chi connectivity index (χ0) is 31.7. The second-order valence-corrected chi connectivity index (χ2v) is 12.7. The molecule has 5 heterocycles. The summed E-state index contributed by atoms with van der Waals surface area (Å²) < 4.78 is 52.6. The van der Waals surface area contributed by atoms with Crippen molar-refractivity contribution >= 4 is 17.3 Å². The number of aliphatic hydroxyl groups is 2. The van der Waals surface area contributed by atoms with Gasteiger partial charge in [-0.1, -0.05) is 6.07 Å². The summed E-state index contributed by atoms with van der Waals surface area (Å²) in [6.07, 6.45) is -7.16. The molecule has 14 heteroatoms. The highest BCUT2D eigenvalue weighted by molar-refractivity contribution is 7.10. The molecule has 13 nitrogen and oxygen atoms in total. The van der Waals surface area contributed by atoms with E-state index in [1.807, 2.05) is 23.6 Å². The fourth-order valence-electron chi connectivity index (χ4n) is 7.18. The number of carbonyl (C=O) groups is 1. The highest BCUT2D eigenvalue weighted by atomic mass is 32.1. The largest absolute Gasteiger partial charge is 0.502 e. The average Bonchev–Trinajstić information content (AvgIpc) is 3.85. The van der Waals surface area contributed by atoms with E-state index < -0.39 is 66.8 Å². The number of aliphatic hydroxyl groups excluding tert-OH is 2. The summed E-state index contributed by atoms with van der Waals surface area (Å²) >= 11 is 1.46. The lowest BCUT2D eigenvalue weighted by molar-refractivity contribution is -0.368. The molecule has 3 saturated heterocycles. The first-order chi connectivity index (χ1) is 22.4. The summed E-state index contributed by atoms with van der Waals surface area (Å²) in [5.41, 5.74) is 2.00. The van der Waals surface area contributed by atoms with E-state index in [2.05, 4.69) is 0 Å². The SMILES string of the molecule is COc1cc(C2c3cc4c(cc3C(OC3OC5COC(c6cccs6)OC5C(O)C3O)[C@@H]3COC(=O)[C@H]23)OCO4)cc(OC)c1O. The molecule has 0 spiro atoms. The molecule has 5 aliphatic rings. The number of fused-ring (bicyclic) bond motifs is 4. The lowest BCUT2D eigenvalue weighted by Crippen LogP contribution is -2.62. The number of ether oxygens (including phenoxy) is 9. The van der Waals surface area contributed by atoms with Gasteiger partial charge in [-0.05, 0) is 52.4 Å². The number of thiophene rings is 1. The van der Waals surface area contributed by atoms with Gasteiger partial charge in [0.25, 0.3) is 0 Å². The van der Waals surface area contributed by atoms with E-state index in [4.69, 9.17) is 42.6 Å². The first kappa shape index (κ1) is 29.8. The standard InChI is InChI=1S/C32H32O13S/c1-37-19-6-13(7-20(38-2)25(19)33)23-14-8-17-18(42-12-41-17)9-15(14)28(16-10-39-30(36)24(16)23)44-32-27(35)26(34)29-21(43-32)11-40-31(45-29)22-4-3-5-46-22/h3-9,16,21,23-24,26-29,31-35H,10-12H2,1-2H3/t16-,21?,23?,24+,26?,27?,28?,29?,31?,32?/m1/s1. The van der Waals surface area contributed by atoms with Crippen LogP contribution in [-0.4, -0.2) is 86.2 Å². The molecule has 10 atom stereocenters. The molecule has 8 unspecified atom stereocenters. The third-order valence-electron chi connectivity index (χ3n) is 9.37. The van der Waals surface area contributed by atoms with E-state index in [1.54, 1.807) is 18.2 Å². The van der Waals surface area contributed by atoms with Gasteiger partial charge < -0.3 is 58.0 Å². The number of carbonyl (C=O) groups excluding carboxylic acids is 1. The van der Waals surface area contributed by atoms with Crippen molar-refractivity contribution in [2.45, 2.75) is 49.0 Å². The maximum Gasteiger partial charge on any atom is 0.310 e. The van der Waals surface area contributed by atoms with Gasteiger partial charge in [0, 0.05) is 11.8 Å². The molecule has 8 rings (SSSR count). The molecule has 4 aliphatic heterocycles. The van der Waals surface area contributed by atoms with Crippen molar-refractivity contribution in [3.63, 3.8) is 0 Å². The lowest BCUT2D eigenvalue weighted by Gasteiger charge is -2.48. The predicted molar refractivity (Wildman–Crippen MR) is 156 cm³/mol. The van der Waals surface area contributed by atoms with Gasteiger partial charge in [0.05, 0.1) is 44.3 Å². The number of esters is 1. The Morgan fingerprint density at radius 3 is 2.35 bits per heavy atom. The summed E-state index contributed by atoms with van der Waals surface area (Å²) in [4.78, 5) is 14.3. The minimum absolute atomic E-state index is 0.0242. The number of aromatic hydroxyl groups is 1. The van der Waals surface area contributed by atoms with Crippen LogP contribution < -0.4 is 18.9 Å². The van der Waals surface area contributed by atoms with Crippen LogP contribution in [0.5, 0.6) is 28.7 Å². The normalized spacial score (nSPS) is 34.3. The van der Waals surface area contributed by atoms with Gasteiger partial charge in [-0.15, -0.1) is 11.3 Å². The number of benzene rings is 2. The minimum atomic E-state index is -1.47. The average molecular weight is 657 g/mol. The van der Waals surface area contributed by atoms with Crippen LogP contribution in [0, 0.1) is 11.8 Å². The number of methoxy groups -OCH3 is 2. The summed E-state index contributed by atoms with van der Waals surface area (Å²) in [5, 5.41) is 35.0. The Morgan fingerprint density at radius 2 is 1.65 bits per heavy atom. The van der Waals surface area contributed by atoms with E-state index in [0.717, 1.165) is 4.88 Å². The van der Waals surface area contributed by atoms with Crippen molar-refractivity contribution in [3.05, 3.63) is 63.3 Å². The highest BCUT2D eigenvalue weighted by Gasteiger charge is 2.56. The van der Waals surface area contributed by atoms with Crippen LogP contribution in [0.2, 0.25) is 0 Å². The van der Waals surface area contributed by atoms with Crippen LogP contribution in [0.1, 0.15) is 39.9 Å². The molecule has 0 radical (unpaired) electrons. The van der Waals surface area contributed by atoms with Gasteiger partial charge >= 0.3 is 5.97 Å². The Balaban J connectivity index is 1.16. The number of phenolic OH excluding ortho intramolecular Hbond substituents is 1. The Bertz CT molecular complexity index is 1600. The molecule has 0 saturated carbocycles. The summed E-state index contributed by atoms with van der Waals surface area (Å²) in [6, 6.07) is 10.7. The van der Waals surface area contributed by atoms with Crippen LogP contribution in [-0.2, 0) is 28.5 Å². The molecule has 3 aromatic rings. The predicted octanol–water partition coefficient (Wildman–Crippen LogP) is 2.75. The van der Waals surface area contributed by atoms with Gasteiger partial charge in [0.2, 0.25) is 12.5 Å². The minimum Gasteiger partial charge on any atom is -0.502 e. The van der Waals surface area contributed by atoms with E-state index in [9.17, 15) is 20.1 Å². The Labute approximate surface area is 267 Å². The number of hydrogen-bond acceptors (Lipinski definition) is 14. The Hall–Kier alpha value is -3.63. The van der Waals surface area contributed by atoms with E-state index in [-0.39, 0.29) is 37.3 Å². The fraction of sp³-hybridized carbons (Fsp3) is 0.469. The van der Waals surface area contributed by atoms with E-state index >= 15 is 0 Å². The number of cyclic esters (lactones) is 1. The maximum absolute atomic E-state index is 13.5. The number of rotatable bonds is 6. The Kier molecular flexibility index (Phi) is 7.48. The molecular weight excluding hydrogens is 624 g/mol. The fourth-order valence-corrected chi connectivity index (χ4v) is 7.89. The number of hydrogen-bond donors (Lipinski definition) is 3. The Morgan fingerprint density at radius 1 is 0.913 bits per heavy atom. The van der Waals surface area contributed by atoms with Crippen molar-refractivity contribution in [3.8, 4) is 28.7 Å². The first-order valence-corrected chi connectivity index (χ1v) is 15.8. The molecule has 3 fully saturated rings. The zero-order valence-corrected chi connectivity index (χ0v) is 25.6.